The molecule has 4 heterocycles. The summed E-state index contributed by atoms with van der Waals surface area (Å²) in [6, 6.07) is 0. The summed E-state index contributed by atoms with van der Waals surface area (Å²) >= 11 is 0. The quantitative estimate of drug-likeness (QED) is 0.298. The Morgan fingerprint density at radius 2 is 1.84 bits per heavy atom. The zero-order chi connectivity index (χ0) is 35.8. The lowest BCUT2D eigenvalue weighted by Gasteiger charge is -2.52. The molecule has 0 aromatic rings. The van der Waals surface area contributed by atoms with E-state index >= 15 is 0 Å². The predicted molar refractivity (Wildman–Crippen MR) is 183 cm³/mol. The van der Waals surface area contributed by atoms with Gasteiger partial charge >= 0.3 is 11.9 Å². The van der Waals surface area contributed by atoms with E-state index in [1.165, 1.54) is 0 Å². The van der Waals surface area contributed by atoms with Gasteiger partial charge in [0, 0.05) is 25.9 Å². The fraction of sp³-hybridized carbons (Fsp3) is 0.692. The van der Waals surface area contributed by atoms with Gasteiger partial charge in [0.25, 0.3) is 0 Å². The average Bonchev–Trinajstić information content (AvgIpc) is 3.39. The Hall–Kier alpha value is -2.60. The molecular weight excluding hydrogens is 628 g/mol. The first-order valence-corrected chi connectivity index (χ1v) is 17.8. The molecule has 272 valence electrons. The molecule has 0 radical (unpaired) electrons. The minimum Gasteiger partial charge on any atom is -0.462 e. The summed E-state index contributed by atoms with van der Waals surface area (Å²) in [6.07, 6.45) is 8.25. The van der Waals surface area contributed by atoms with Crippen LogP contribution in [0.25, 0.3) is 0 Å². The summed E-state index contributed by atoms with van der Waals surface area (Å²) < 4.78 is 37.6. The highest BCUT2D eigenvalue weighted by Gasteiger charge is 2.61. The molecule has 5 aliphatic rings. The molecule has 2 bridgehead atoms. The Balaban J connectivity index is 1.60. The van der Waals surface area contributed by atoms with Crippen LogP contribution in [-0.4, -0.2) is 90.0 Å². The molecule has 2 unspecified atom stereocenters. The van der Waals surface area contributed by atoms with Gasteiger partial charge in [-0.2, -0.15) is 0 Å². The zero-order valence-electron chi connectivity index (χ0n) is 30.5. The Morgan fingerprint density at radius 1 is 1.10 bits per heavy atom. The van der Waals surface area contributed by atoms with Crippen molar-refractivity contribution in [1.29, 1.82) is 0 Å². The molecule has 4 aliphatic heterocycles. The summed E-state index contributed by atoms with van der Waals surface area (Å²) in [5, 5.41) is 24.1. The fourth-order valence-corrected chi connectivity index (χ4v) is 8.13. The number of hydrogen-bond donors (Lipinski definition) is 2. The highest BCUT2D eigenvalue weighted by molar-refractivity contribution is 5.78. The molecule has 3 fully saturated rings. The average molecular weight is 685 g/mol. The second kappa shape index (κ2) is 14.9. The Kier molecular flexibility index (Phi) is 11.5. The minimum absolute atomic E-state index is 0.0447. The fourth-order valence-electron chi connectivity index (χ4n) is 8.13. The topological polar surface area (TPSA) is 130 Å². The number of aliphatic hydroxyl groups is 2. The molecular formula is C39H56O10. The first-order valence-electron chi connectivity index (χ1n) is 17.8. The minimum atomic E-state index is -1.73. The number of fused-ring (bicyclic) bond motifs is 2. The van der Waals surface area contributed by atoms with Crippen LogP contribution in [-0.2, 0) is 38.0 Å². The SMILES string of the molecule is C/C=C(\C)[C@H]1O[C@@]2(C[C@@H]3C[C@@H](C/C=C(\C)C(OC(=O)C(C)C)[C@@H](C)/C=C/C=C4\CO[C@@H]5[C@H](OC)C(C)=CC(C(=O)O3)[C@]45O)O2)[C@H](O)C[C@@H]1C. The number of aliphatic hydroxyl groups excluding tert-OH is 1. The van der Waals surface area contributed by atoms with Crippen molar-refractivity contribution in [2.24, 2.45) is 23.7 Å². The standard InChI is InChI=1S/C39H56O10/c1-10-22(4)33-26(8)17-31(40)38(49-33)19-29-18-28(48-38)15-14-24(6)32(47-36(41)21(2)3)23(5)12-11-13-27-20-45-35-34(44-9)25(7)16-30(37(42)46-29)39(27,35)43/h10-14,16,21,23,26,28-35,40,43H,15,17-20H2,1-9H3/b12-11+,22-10+,24-14+,27-13+/t23-,26-,28+,29-,30?,31+,32?,33+,34+,35+,38-,39+/m0/s1. The molecule has 1 spiro atoms. The van der Waals surface area contributed by atoms with E-state index in [2.05, 4.69) is 0 Å². The van der Waals surface area contributed by atoms with E-state index in [0.717, 1.165) is 16.7 Å². The normalized spacial score (nSPS) is 44.6. The first-order chi connectivity index (χ1) is 23.1. The number of carbonyl (C=O) groups is 2. The maximum atomic E-state index is 14.3. The lowest BCUT2D eigenvalue weighted by Crippen LogP contribution is -2.62. The molecule has 1 aliphatic carbocycles. The molecule has 12 atom stereocenters. The molecule has 3 saturated heterocycles. The Morgan fingerprint density at radius 3 is 2.51 bits per heavy atom. The van der Waals surface area contributed by atoms with E-state index < -0.39 is 59.9 Å². The van der Waals surface area contributed by atoms with Gasteiger partial charge < -0.3 is 38.6 Å². The predicted octanol–water partition coefficient (Wildman–Crippen LogP) is 5.28. The third-order valence-corrected chi connectivity index (χ3v) is 11.1. The largest absolute Gasteiger partial charge is 0.462 e. The first kappa shape index (κ1) is 37.7. The molecule has 10 heteroatoms. The number of hydrogen-bond acceptors (Lipinski definition) is 10. The summed E-state index contributed by atoms with van der Waals surface area (Å²) in [5.74, 6) is -3.85. The van der Waals surface area contributed by atoms with Crippen molar-refractivity contribution in [3.63, 3.8) is 0 Å². The van der Waals surface area contributed by atoms with Crippen LogP contribution in [0.4, 0.5) is 0 Å². The van der Waals surface area contributed by atoms with Gasteiger partial charge in [-0.1, -0.05) is 64.2 Å². The molecule has 0 saturated carbocycles. The van der Waals surface area contributed by atoms with Crippen molar-refractivity contribution >= 4 is 11.9 Å². The van der Waals surface area contributed by atoms with Gasteiger partial charge in [-0.3, -0.25) is 9.59 Å². The van der Waals surface area contributed by atoms with E-state index in [0.29, 0.717) is 24.8 Å². The zero-order valence-corrected chi connectivity index (χ0v) is 30.5. The molecule has 10 nitrogen and oxygen atoms in total. The highest BCUT2D eigenvalue weighted by Crippen LogP contribution is 2.48. The van der Waals surface area contributed by atoms with Crippen LogP contribution in [0.5, 0.6) is 0 Å². The number of carbonyl (C=O) groups excluding carboxylic acids is 2. The second-order valence-electron chi connectivity index (χ2n) is 15.1. The smallest absolute Gasteiger partial charge is 0.316 e. The van der Waals surface area contributed by atoms with Crippen molar-refractivity contribution in [1.82, 2.24) is 0 Å². The number of allylic oxidation sites excluding steroid dienone is 3. The Labute approximate surface area is 291 Å². The van der Waals surface area contributed by atoms with Crippen molar-refractivity contribution < 1.29 is 48.2 Å². The summed E-state index contributed by atoms with van der Waals surface area (Å²) in [6.45, 7) is 15.5. The van der Waals surface area contributed by atoms with Crippen LogP contribution in [0.3, 0.4) is 0 Å². The van der Waals surface area contributed by atoms with E-state index in [4.69, 9.17) is 28.4 Å². The summed E-state index contributed by atoms with van der Waals surface area (Å²) in [7, 11) is 1.56. The van der Waals surface area contributed by atoms with Gasteiger partial charge in [0.1, 0.15) is 42.0 Å². The second-order valence-corrected chi connectivity index (χ2v) is 15.1. The lowest BCUT2D eigenvalue weighted by atomic mass is 9.70. The number of rotatable bonds is 4. The number of esters is 2. The third kappa shape index (κ3) is 7.28. The maximum absolute atomic E-state index is 14.3. The molecule has 0 aromatic heterocycles. The van der Waals surface area contributed by atoms with Gasteiger partial charge in [0.15, 0.2) is 5.79 Å². The molecule has 5 rings (SSSR count). The van der Waals surface area contributed by atoms with Crippen molar-refractivity contribution in [2.45, 2.75) is 135 Å². The third-order valence-electron chi connectivity index (χ3n) is 11.1. The van der Waals surface area contributed by atoms with E-state index in [1.807, 2.05) is 65.8 Å². The Bertz CT molecular complexity index is 1410. The van der Waals surface area contributed by atoms with Crippen LogP contribution in [0.1, 0.15) is 81.1 Å². The van der Waals surface area contributed by atoms with Crippen LogP contribution in [0, 0.1) is 23.7 Å². The van der Waals surface area contributed by atoms with Gasteiger partial charge in [0.2, 0.25) is 0 Å². The highest BCUT2D eigenvalue weighted by atomic mass is 16.7. The van der Waals surface area contributed by atoms with E-state index in [9.17, 15) is 19.8 Å². The van der Waals surface area contributed by atoms with Crippen LogP contribution in [0.2, 0.25) is 0 Å². The summed E-state index contributed by atoms with van der Waals surface area (Å²) in [4.78, 5) is 27.1. The molecule has 0 amide bonds. The monoisotopic (exact) mass is 684 g/mol. The number of ether oxygens (including phenoxy) is 6. The lowest BCUT2D eigenvalue weighted by molar-refractivity contribution is -0.363. The van der Waals surface area contributed by atoms with Crippen molar-refractivity contribution in [2.75, 3.05) is 13.7 Å². The maximum Gasteiger partial charge on any atom is 0.316 e. The molecule has 49 heavy (non-hydrogen) atoms. The van der Waals surface area contributed by atoms with E-state index in [1.54, 1.807) is 33.1 Å². The van der Waals surface area contributed by atoms with Crippen LogP contribution >= 0.6 is 0 Å². The van der Waals surface area contributed by atoms with Gasteiger partial charge in [-0.25, -0.2) is 0 Å². The van der Waals surface area contributed by atoms with Gasteiger partial charge in [0.05, 0.1) is 24.7 Å². The van der Waals surface area contributed by atoms with Gasteiger partial charge in [-0.15, -0.1) is 0 Å². The van der Waals surface area contributed by atoms with Crippen molar-refractivity contribution in [3.05, 3.63) is 58.7 Å². The number of methoxy groups -OCH3 is 1. The van der Waals surface area contributed by atoms with E-state index in [-0.39, 0.29) is 42.9 Å². The van der Waals surface area contributed by atoms with Gasteiger partial charge in [-0.05, 0) is 68.7 Å². The van der Waals surface area contributed by atoms with Crippen LogP contribution < -0.4 is 0 Å². The molecule has 2 N–H and O–H groups in total. The summed E-state index contributed by atoms with van der Waals surface area (Å²) in [5.41, 5.74) is 1.44. The van der Waals surface area contributed by atoms with Crippen molar-refractivity contribution in [3.8, 4) is 0 Å². The molecule has 0 aromatic carbocycles. The van der Waals surface area contributed by atoms with Crippen LogP contribution in [0.15, 0.2) is 58.7 Å².